The fourth-order valence-corrected chi connectivity index (χ4v) is 12.1. The monoisotopic (exact) mass is 631 g/mol. The maximum atomic E-state index is 10.1. The van der Waals surface area contributed by atoms with Crippen molar-refractivity contribution in [3.8, 4) is 0 Å². The van der Waals surface area contributed by atoms with Crippen LogP contribution in [0.2, 0.25) is 0 Å². The molecule has 0 aromatic rings. The van der Waals surface area contributed by atoms with E-state index in [1.165, 1.54) is 89.9 Å². The van der Waals surface area contributed by atoms with Gasteiger partial charge in [0.2, 0.25) is 0 Å². The minimum absolute atomic E-state index is 0. The van der Waals surface area contributed by atoms with Crippen molar-refractivity contribution in [2.75, 3.05) is 0 Å². The molecule has 0 aliphatic carbocycles. The predicted octanol–water partition coefficient (Wildman–Crippen LogP) is 8.72. The average Bonchev–Trinajstić information content (AvgIpc) is 3.80. The van der Waals surface area contributed by atoms with Gasteiger partial charge in [0, 0.05) is 72.5 Å². The van der Waals surface area contributed by atoms with E-state index in [0.717, 1.165) is 66.7 Å². The lowest BCUT2D eigenvalue weighted by Gasteiger charge is -2.37. The van der Waals surface area contributed by atoms with E-state index in [9.17, 15) is 5.11 Å². The molecule has 0 aromatic heterocycles. The topological polar surface area (TPSA) is 33.2 Å². The van der Waals surface area contributed by atoms with Crippen molar-refractivity contribution in [1.29, 1.82) is 0 Å². The van der Waals surface area contributed by atoms with Crippen LogP contribution in [0, 0.1) is 5.92 Å². The van der Waals surface area contributed by atoms with E-state index in [2.05, 4.69) is 81.9 Å². The van der Waals surface area contributed by atoms with E-state index >= 15 is 0 Å². The van der Waals surface area contributed by atoms with E-state index in [-0.39, 0.29) is 7.43 Å². The Hall–Kier alpha value is -0.200. The first-order valence-electron chi connectivity index (χ1n) is 19.6. The average molecular weight is 631 g/mol. The first-order valence-corrected chi connectivity index (χ1v) is 19.6. The second kappa shape index (κ2) is 15.6. The Bertz CT molecular complexity index is 858. The molecule has 0 saturated carbocycles. The van der Waals surface area contributed by atoms with Gasteiger partial charge in [-0.15, -0.1) is 0 Å². The third-order valence-corrected chi connectivity index (χ3v) is 13.5. The van der Waals surface area contributed by atoms with Crippen LogP contribution < -0.4 is 0 Å². The summed E-state index contributed by atoms with van der Waals surface area (Å²) in [6.07, 6.45) is 21.1. The highest BCUT2D eigenvalue weighted by molar-refractivity contribution is 5.08. The Morgan fingerprint density at radius 3 is 1.16 bits per heavy atom. The molecule has 8 heterocycles. The molecule has 5 heteroatoms. The molecule has 8 fully saturated rings. The van der Waals surface area contributed by atoms with Gasteiger partial charge in [0.1, 0.15) is 0 Å². The number of piperidine rings is 1. The van der Waals surface area contributed by atoms with Gasteiger partial charge >= 0.3 is 0 Å². The molecule has 264 valence electrons. The van der Waals surface area contributed by atoms with Crippen LogP contribution in [0.4, 0.5) is 0 Å². The smallest absolute Gasteiger partial charge is 0.0789 e. The Morgan fingerprint density at radius 2 is 0.911 bits per heavy atom. The maximum Gasteiger partial charge on any atom is 0.0789 e. The Morgan fingerprint density at radius 1 is 0.511 bits per heavy atom. The summed E-state index contributed by atoms with van der Waals surface area (Å²) in [5.74, 6) is 0.969. The van der Waals surface area contributed by atoms with Gasteiger partial charge in [0.05, 0.1) is 5.60 Å². The van der Waals surface area contributed by atoms with Gasteiger partial charge in [-0.2, -0.15) is 0 Å². The Labute approximate surface area is 281 Å². The van der Waals surface area contributed by atoms with E-state index in [1.807, 2.05) is 6.92 Å². The SMILES string of the molecule is C.CC(C)N1C2CCC1C(C)(O)C2.CC(C)N1C2CCC1CC2.CC(C)N1C2CCCC1CC2.CC1CC2CCC1N2C(C)C. The molecule has 5 nitrogen and oxygen atoms in total. The van der Waals surface area contributed by atoms with Crippen molar-refractivity contribution in [3.63, 3.8) is 0 Å². The van der Waals surface area contributed by atoms with Crippen LogP contribution in [-0.2, 0) is 0 Å². The molecule has 0 amide bonds. The van der Waals surface area contributed by atoms with Crippen LogP contribution in [0.3, 0.4) is 0 Å². The minimum atomic E-state index is -0.410. The fraction of sp³-hybridized carbons (Fsp3) is 1.00. The van der Waals surface area contributed by atoms with Crippen LogP contribution in [0.1, 0.15) is 173 Å². The lowest BCUT2D eigenvalue weighted by Crippen LogP contribution is -2.43. The summed E-state index contributed by atoms with van der Waals surface area (Å²) >= 11 is 0. The summed E-state index contributed by atoms with van der Waals surface area (Å²) in [5.41, 5.74) is -0.410. The van der Waals surface area contributed by atoms with E-state index in [4.69, 9.17) is 0 Å². The summed E-state index contributed by atoms with van der Waals surface area (Å²) < 4.78 is 0. The Kier molecular flexibility index (Phi) is 13.0. The van der Waals surface area contributed by atoms with E-state index in [0.29, 0.717) is 18.1 Å². The molecular weight excluding hydrogens is 552 g/mol. The maximum absolute atomic E-state index is 10.1. The molecule has 8 unspecified atom stereocenters. The Balaban J connectivity index is 0.000000136. The van der Waals surface area contributed by atoms with Crippen LogP contribution >= 0.6 is 0 Å². The summed E-state index contributed by atoms with van der Waals surface area (Å²) in [6.45, 7) is 22.9. The van der Waals surface area contributed by atoms with Gasteiger partial charge in [0.15, 0.2) is 0 Å². The van der Waals surface area contributed by atoms with Crippen molar-refractivity contribution < 1.29 is 5.11 Å². The number of hydrogen-bond donors (Lipinski definition) is 1. The molecule has 8 saturated heterocycles. The van der Waals surface area contributed by atoms with Crippen LogP contribution in [0.5, 0.6) is 0 Å². The minimum Gasteiger partial charge on any atom is -0.388 e. The van der Waals surface area contributed by atoms with Gasteiger partial charge in [0.25, 0.3) is 0 Å². The molecule has 0 radical (unpaired) electrons. The molecule has 8 aliphatic rings. The predicted molar refractivity (Wildman–Crippen MR) is 194 cm³/mol. The molecule has 45 heavy (non-hydrogen) atoms. The van der Waals surface area contributed by atoms with Gasteiger partial charge in [-0.1, -0.05) is 20.8 Å². The van der Waals surface area contributed by atoms with Crippen molar-refractivity contribution in [1.82, 2.24) is 19.6 Å². The summed E-state index contributed by atoms with van der Waals surface area (Å²) in [4.78, 5) is 10.7. The molecule has 0 aromatic carbocycles. The zero-order chi connectivity index (χ0) is 31.9. The molecule has 8 bridgehead atoms. The van der Waals surface area contributed by atoms with Gasteiger partial charge in [-0.3, -0.25) is 19.6 Å². The molecule has 8 rings (SSSR count). The number of rotatable bonds is 4. The van der Waals surface area contributed by atoms with Crippen molar-refractivity contribution in [2.45, 2.75) is 251 Å². The first-order chi connectivity index (χ1) is 20.8. The lowest BCUT2D eigenvalue weighted by atomic mass is 9.86. The second-order valence-electron chi connectivity index (χ2n) is 17.8. The first kappa shape index (κ1) is 37.6. The van der Waals surface area contributed by atoms with Crippen molar-refractivity contribution in [3.05, 3.63) is 0 Å². The number of aliphatic hydroxyl groups is 1. The molecular formula is C40H78N4O. The fourth-order valence-electron chi connectivity index (χ4n) is 12.1. The van der Waals surface area contributed by atoms with Gasteiger partial charge in [-0.05, 0) is 158 Å². The quantitative estimate of drug-likeness (QED) is 0.336. The van der Waals surface area contributed by atoms with Gasteiger partial charge in [-0.25, -0.2) is 0 Å². The number of hydrogen-bond acceptors (Lipinski definition) is 5. The summed E-state index contributed by atoms with van der Waals surface area (Å²) in [6, 6.07) is 9.74. The largest absolute Gasteiger partial charge is 0.388 e. The molecule has 8 aliphatic heterocycles. The number of nitrogens with zero attached hydrogens (tertiary/aromatic N) is 4. The van der Waals surface area contributed by atoms with Crippen molar-refractivity contribution in [2.24, 2.45) is 5.92 Å². The lowest BCUT2D eigenvalue weighted by molar-refractivity contribution is 0.0147. The standard InChI is InChI=1S/C10H19NO.2C10H19N.C9H17N.CH4/c1-7(2)11-8-4-5-9(11)10(3,12)6-8;1-7(2)11-9-4-5-10(11)8(3)6-9;1-8(2)11-9-4-3-5-10(11)7-6-9;1-7(2)10-8-3-4-9(10)6-5-8;/h7-9,12H,4-6H2,1-3H3;7-10H,4-6H2,1-3H3;8-10H,3-7H2,1-2H3;7-9H,3-6H2,1-2H3;1H4. The normalized spacial score (nSPS) is 41.8. The third kappa shape index (κ3) is 8.00. The zero-order valence-corrected chi connectivity index (χ0v) is 30.8. The summed E-state index contributed by atoms with van der Waals surface area (Å²) in [5, 5.41) is 10.1. The molecule has 1 N–H and O–H groups in total. The molecule has 8 atom stereocenters. The highest BCUT2D eigenvalue weighted by Crippen LogP contribution is 2.45. The van der Waals surface area contributed by atoms with Crippen LogP contribution in [0.25, 0.3) is 0 Å². The summed E-state index contributed by atoms with van der Waals surface area (Å²) in [7, 11) is 0. The van der Waals surface area contributed by atoms with Crippen molar-refractivity contribution >= 4 is 0 Å². The second-order valence-corrected chi connectivity index (χ2v) is 17.8. The van der Waals surface area contributed by atoms with Gasteiger partial charge < -0.3 is 5.11 Å². The third-order valence-electron chi connectivity index (χ3n) is 13.5. The van der Waals surface area contributed by atoms with Crippen LogP contribution in [0.15, 0.2) is 0 Å². The highest BCUT2D eigenvalue weighted by Gasteiger charge is 2.53. The molecule has 0 spiro atoms. The van der Waals surface area contributed by atoms with E-state index in [1.54, 1.807) is 0 Å². The van der Waals surface area contributed by atoms with E-state index < -0.39 is 5.60 Å². The number of fused-ring (bicyclic) bond motifs is 8. The highest BCUT2D eigenvalue weighted by atomic mass is 16.3. The zero-order valence-electron chi connectivity index (χ0n) is 30.8. The van der Waals surface area contributed by atoms with Crippen LogP contribution in [-0.4, -0.2) is 103 Å².